The van der Waals surface area contributed by atoms with Crippen LogP contribution in [0.15, 0.2) is 53.0 Å². The molecule has 124 valence electrons. The normalized spacial score (nSPS) is 9.88. The van der Waals surface area contributed by atoms with Gasteiger partial charge in [0.15, 0.2) is 0 Å². The summed E-state index contributed by atoms with van der Waals surface area (Å²) in [6.45, 7) is -0.103. The van der Waals surface area contributed by atoms with Gasteiger partial charge in [-0.15, -0.1) is 0 Å². The molecule has 0 heterocycles. The first-order valence-electron chi connectivity index (χ1n) is 6.79. The SMILES string of the molecule is O=C(CNc1ccc([N+](=O)[O-])cc1)NNC(=O)c1ccccc1Br. The summed E-state index contributed by atoms with van der Waals surface area (Å²) in [5.41, 5.74) is 5.48. The molecule has 3 N–H and O–H groups in total. The molecule has 0 aromatic heterocycles. The monoisotopic (exact) mass is 392 g/mol. The van der Waals surface area contributed by atoms with Crippen molar-refractivity contribution in [1.29, 1.82) is 0 Å². The number of nitrogens with one attached hydrogen (secondary N) is 3. The van der Waals surface area contributed by atoms with Crippen LogP contribution < -0.4 is 16.2 Å². The molecule has 2 rings (SSSR count). The molecular formula is C15H13BrN4O4. The lowest BCUT2D eigenvalue weighted by Crippen LogP contribution is -2.44. The molecule has 9 heteroatoms. The van der Waals surface area contributed by atoms with Gasteiger partial charge in [0.2, 0.25) is 0 Å². The van der Waals surface area contributed by atoms with Crippen molar-refractivity contribution in [3.05, 3.63) is 68.7 Å². The topological polar surface area (TPSA) is 113 Å². The fraction of sp³-hybridized carbons (Fsp3) is 0.0667. The van der Waals surface area contributed by atoms with Gasteiger partial charge >= 0.3 is 0 Å². The number of halogens is 1. The van der Waals surface area contributed by atoms with Gasteiger partial charge in [-0.25, -0.2) is 0 Å². The quantitative estimate of drug-likeness (QED) is 0.533. The number of carbonyl (C=O) groups excluding carboxylic acids is 2. The van der Waals surface area contributed by atoms with Crippen LogP contribution in [0.1, 0.15) is 10.4 Å². The second-order valence-electron chi connectivity index (χ2n) is 4.64. The van der Waals surface area contributed by atoms with E-state index in [2.05, 4.69) is 32.1 Å². The molecule has 24 heavy (non-hydrogen) atoms. The number of carbonyl (C=O) groups is 2. The number of hydrogen-bond donors (Lipinski definition) is 3. The molecule has 0 aliphatic carbocycles. The van der Waals surface area contributed by atoms with Crippen LogP contribution in [0.25, 0.3) is 0 Å². The van der Waals surface area contributed by atoms with Crippen molar-refractivity contribution in [3.63, 3.8) is 0 Å². The standard InChI is InChI=1S/C15H13BrN4O4/c16-13-4-2-1-3-12(13)15(22)19-18-14(21)9-17-10-5-7-11(8-6-10)20(23)24/h1-8,17H,9H2,(H,18,21)(H,19,22). The first-order valence-corrected chi connectivity index (χ1v) is 7.58. The molecule has 2 aromatic rings. The Bertz CT molecular complexity index is 764. The fourth-order valence-corrected chi connectivity index (χ4v) is 2.23. The van der Waals surface area contributed by atoms with Gasteiger partial charge in [-0.2, -0.15) is 0 Å². The summed E-state index contributed by atoms with van der Waals surface area (Å²) >= 11 is 3.25. The van der Waals surface area contributed by atoms with Gasteiger partial charge < -0.3 is 5.32 Å². The van der Waals surface area contributed by atoms with Gasteiger partial charge in [-0.3, -0.25) is 30.6 Å². The highest BCUT2D eigenvalue weighted by atomic mass is 79.9. The molecule has 0 radical (unpaired) electrons. The third-order valence-electron chi connectivity index (χ3n) is 2.97. The van der Waals surface area contributed by atoms with Gasteiger partial charge in [0.05, 0.1) is 17.0 Å². The molecule has 0 spiro atoms. The average molecular weight is 393 g/mol. The van der Waals surface area contributed by atoms with Crippen LogP contribution in [0.3, 0.4) is 0 Å². The van der Waals surface area contributed by atoms with Gasteiger partial charge in [0.25, 0.3) is 17.5 Å². The van der Waals surface area contributed by atoms with Crippen molar-refractivity contribution in [2.45, 2.75) is 0 Å². The van der Waals surface area contributed by atoms with E-state index in [1.54, 1.807) is 24.3 Å². The van der Waals surface area contributed by atoms with E-state index in [1.807, 2.05) is 0 Å². The molecule has 2 amide bonds. The van der Waals surface area contributed by atoms with Crippen LogP contribution in [0.5, 0.6) is 0 Å². The Hall–Kier alpha value is -2.94. The van der Waals surface area contributed by atoms with Gasteiger partial charge in [0, 0.05) is 22.3 Å². The van der Waals surface area contributed by atoms with Crippen molar-refractivity contribution >= 4 is 39.1 Å². The number of nitrogens with zero attached hydrogens (tertiary/aromatic N) is 1. The molecule has 0 unspecified atom stereocenters. The minimum absolute atomic E-state index is 0.0364. The van der Waals surface area contributed by atoms with Crippen molar-refractivity contribution in [1.82, 2.24) is 10.9 Å². The number of non-ortho nitro benzene ring substituents is 1. The molecular weight excluding hydrogens is 380 g/mol. The van der Waals surface area contributed by atoms with Crippen LogP contribution in [0.2, 0.25) is 0 Å². The molecule has 2 aromatic carbocycles. The Morgan fingerprint density at radius 3 is 2.33 bits per heavy atom. The highest BCUT2D eigenvalue weighted by Crippen LogP contribution is 2.15. The lowest BCUT2D eigenvalue weighted by atomic mass is 10.2. The zero-order valence-electron chi connectivity index (χ0n) is 12.3. The minimum atomic E-state index is -0.506. The van der Waals surface area contributed by atoms with Crippen LogP contribution >= 0.6 is 15.9 Å². The minimum Gasteiger partial charge on any atom is -0.376 e. The van der Waals surface area contributed by atoms with Crippen molar-refractivity contribution in [3.8, 4) is 0 Å². The third-order valence-corrected chi connectivity index (χ3v) is 3.66. The fourth-order valence-electron chi connectivity index (χ4n) is 1.77. The number of hydrazine groups is 1. The number of rotatable bonds is 5. The summed E-state index contributed by atoms with van der Waals surface area (Å²) < 4.78 is 0.612. The summed E-state index contributed by atoms with van der Waals surface area (Å²) in [4.78, 5) is 33.6. The lowest BCUT2D eigenvalue weighted by Gasteiger charge is -2.09. The Labute approximate surface area is 145 Å². The van der Waals surface area contributed by atoms with Crippen LogP contribution in [-0.4, -0.2) is 23.3 Å². The van der Waals surface area contributed by atoms with E-state index in [1.165, 1.54) is 24.3 Å². The first kappa shape index (κ1) is 17.4. The average Bonchev–Trinajstić information content (AvgIpc) is 2.58. The molecule has 0 bridgehead atoms. The van der Waals surface area contributed by atoms with E-state index in [0.29, 0.717) is 15.7 Å². The van der Waals surface area contributed by atoms with Gasteiger partial charge in [0.1, 0.15) is 0 Å². The number of nitro benzene ring substituents is 1. The summed E-state index contributed by atoms with van der Waals surface area (Å²) in [6.07, 6.45) is 0. The predicted octanol–water partition coefficient (Wildman–Crippen LogP) is 2.23. The molecule has 0 saturated heterocycles. The summed E-state index contributed by atoms with van der Waals surface area (Å²) in [5, 5.41) is 13.3. The number of nitro groups is 1. The largest absolute Gasteiger partial charge is 0.376 e. The van der Waals surface area contributed by atoms with E-state index >= 15 is 0 Å². The zero-order chi connectivity index (χ0) is 17.5. The van der Waals surface area contributed by atoms with Gasteiger partial charge in [-0.05, 0) is 40.2 Å². The number of amides is 2. The maximum absolute atomic E-state index is 11.9. The Balaban J connectivity index is 1.80. The van der Waals surface area contributed by atoms with Gasteiger partial charge in [-0.1, -0.05) is 12.1 Å². The molecule has 0 saturated carbocycles. The third kappa shape index (κ3) is 4.78. The van der Waals surface area contributed by atoms with Crippen LogP contribution in [0, 0.1) is 10.1 Å². The first-order chi connectivity index (χ1) is 11.5. The van der Waals surface area contributed by atoms with Crippen molar-refractivity contribution in [2.24, 2.45) is 0 Å². The van der Waals surface area contributed by atoms with E-state index in [0.717, 1.165) is 0 Å². The summed E-state index contributed by atoms with van der Waals surface area (Å²) in [7, 11) is 0. The van der Waals surface area contributed by atoms with Crippen molar-refractivity contribution in [2.75, 3.05) is 11.9 Å². The van der Waals surface area contributed by atoms with Crippen LogP contribution in [0.4, 0.5) is 11.4 Å². The number of anilines is 1. The highest BCUT2D eigenvalue weighted by Gasteiger charge is 2.10. The second-order valence-corrected chi connectivity index (χ2v) is 5.49. The Morgan fingerprint density at radius 2 is 1.71 bits per heavy atom. The van der Waals surface area contributed by atoms with E-state index in [4.69, 9.17) is 0 Å². The van der Waals surface area contributed by atoms with E-state index < -0.39 is 16.7 Å². The lowest BCUT2D eigenvalue weighted by molar-refractivity contribution is -0.384. The molecule has 0 aliphatic rings. The van der Waals surface area contributed by atoms with Crippen molar-refractivity contribution < 1.29 is 14.5 Å². The van der Waals surface area contributed by atoms with Crippen LogP contribution in [-0.2, 0) is 4.79 Å². The molecule has 8 nitrogen and oxygen atoms in total. The van der Waals surface area contributed by atoms with E-state index in [-0.39, 0.29) is 12.2 Å². The highest BCUT2D eigenvalue weighted by molar-refractivity contribution is 9.10. The summed E-state index contributed by atoms with van der Waals surface area (Å²) in [5.74, 6) is -0.917. The number of benzene rings is 2. The maximum Gasteiger partial charge on any atom is 0.270 e. The Morgan fingerprint density at radius 1 is 1.04 bits per heavy atom. The molecule has 0 fully saturated rings. The number of hydrogen-bond acceptors (Lipinski definition) is 5. The zero-order valence-corrected chi connectivity index (χ0v) is 13.9. The maximum atomic E-state index is 11.9. The Kier molecular flexibility index (Phi) is 5.85. The van der Waals surface area contributed by atoms with E-state index in [9.17, 15) is 19.7 Å². The molecule has 0 atom stereocenters. The molecule has 0 aliphatic heterocycles. The second kappa shape index (κ2) is 8.06. The summed E-state index contributed by atoms with van der Waals surface area (Å²) in [6, 6.07) is 12.4. The predicted molar refractivity (Wildman–Crippen MR) is 91.3 cm³/mol. The smallest absolute Gasteiger partial charge is 0.270 e.